The second kappa shape index (κ2) is 8.19. The molecule has 7 nitrogen and oxygen atoms in total. The van der Waals surface area contributed by atoms with Crippen LogP contribution in [0.1, 0.15) is 69.9 Å². The van der Waals surface area contributed by atoms with Crippen molar-refractivity contribution in [1.82, 2.24) is 10.2 Å². The molecule has 2 heterocycles. The summed E-state index contributed by atoms with van der Waals surface area (Å²) in [6.07, 6.45) is 4.13. The van der Waals surface area contributed by atoms with Crippen LogP contribution in [0.4, 0.5) is 5.69 Å². The van der Waals surface area contributed by atoms with Crippen LogP contribution in [-0.4, -0.2) is 34.6 Å². The van der Waals surface area contributed by atoms with Gasteiger partial charge in [0.15, 0.2) is 5.78 Å². The minimum absolute atomic E-state index is 0.00780. The van der Waals surface area contributed by atoms with Crippen molar-refractivity contribution >= 4 is 17.4 Å². The van der Waals surface area contributed by atoms with Crippen molar-refractivity contribution in [2.45, 2.75) is 65.7 Å². The van der Waals surface area contributed by atoms with Gasteiger partial charge in [-0.15, -0.1) is 0 Å². The Hall–Kier alpha value is -2.96. The van der Waals surface area contributed by atoms with Crippen molar-refractivity contribution in [3.8, 4) is 0 Å². The minimum atomic E-state index is -0.594. The average Bonchev–Trinajstić information content (AvgIpc) is 2.72. The van der Waals surface area contributed by atoms with E-state index in [1.54, 1.807) is 19.1 Å². The summed E-state index contributed by atoms with van der Waals surface area (Å²) in [6, 6.07) is 5.08. The van der Waals surface area contributed by atoms with E-state index in [0.29, 0.717) is 48.2 Å². The Morgan fingerprint density at radius 1 is 1.16 bits per heavy atom. The Morgan fingerprint density at radius 2 is 1.84 bits per heavy atom. The van der Waals surface area contributed by atoms with Gasteiger partial charge in [0.1, 0.15) is 0 Å². The summed E-state index contributed by atoms with van der Waals surface area (Å²) >= 11 is 0. The number of likely N-dealkylation sites (tertiary alicyclic amines) is 1. The fourth-order valence-electron chi connectivity index (χ4n) is 5.32. The number of carbonyl (C=O) groups excluding carboxylic acids is 2. The number of nitro groups is 1. The van der Waals surface area contributed by atoms with Gasteiger partial charge in [-0.2, -0.15) is 0 Å². The van der Waals surface area contributed by atoms with Crippen LogP contribution in [0.25, 0.3) is 0 Å². The molecule has 170 valence electrons. The van der Waals surface area contributed by atoms with E-state index < -0.39 is 10.8 Å². The molecule has 32 heavy (non-hydrogen) atoms. The van der Waals surface area contributed by atoms with Crippen molar-refractivity contribution < 1.29 is 14.5 Å². The second-order valence-electron chi connectivity index (χ2n) is 10.1. The number of nitrogens with one attached hydrogen (secondary N) is 1. The van der Waals surface area contributed by atoms with Crippen LogP contribution in [0.2, 0.25) is 0 Å². The van der Waals surface area contributed by atoms with Gasteiger partial charge in [-0.05, 0) is 50.5 Å². The van der Waals surface area contributed by atoms with Gasteiger partial charge in [0.25, 0.3) is 11.6 Å². The van der Waals surface area contributed by atoms with Crippen molar-refractivity contribution in [2.24, 2.45) is 5.41 Å². The first kappa shape index (κ1) is 22.2. The first-order valence-electron chi connectivity index (χ1n) is 11.4. The van der Waals surface area contributed by atoms with Crippen molar-refractivity contribution in [2.75, 3.05) is 13.1 Å². The van der Waals surface area contributed by atoms with Crippen molar-refractivity contribution in [3.63, 3.8) is 0 Å². The molecule has 7 heteroatoms. The predicted molar refractivity (Wildman–Crippen MR) is 122 cm³/mol. The lowest BCUT2D eigenvalue weighted by Crippen LogP contribution is -2.43. The number of allylic oxidation sites excluding steroid dienone is 3. The van der Waals surface area contributed by atoms with E-state index in [4.69, 9.17) is 0 Å². The zero-order chi connectivity index (χ0) is 23.2. The van der Waals surface area contributed by atoms with E-state index in [1.165, 1.54) is 0 Å². The number of benzene rings is 1. The van der Waals surface area contributed by atoms with Gasteiger partial charge in [0.2, 0.25) is 0 Å². The molecule has 1 amide bonds. The Bertz CT molecular complexity index is 1060. The van der Waals surface area contributed by atoms with Crippen LogP contribution in [0, 0.1) is 22.5 Å². The van der Waals surface area contributed by atoms with Crippen molar-refractivity contribution in [3.05, 3.63) is 62.0 Å². The maximum Gasteiger partial charge on any atom is 0.272 e. The summed E-state index contributed by atoms with van der Waals surface area (Å²) in [6.45, 7) is 9.10. The summed E-state index contributed by atoms with van der Waals surface area (Å²) in [4.78, 5) is 40.2. The molecular weight excluding hydrogens is 406 g/mol. The van der Waals surface area contributed by atoms with Gasteiger partial charge in [-0.25, -0.2) is 0 Å². The maximum absolute atomic E-state index is 13.7. The average molecular weight is 438 g/mol. The van der Waals surface area contributed by atoms with Gasteiger partial charge in [-0.3, -0.25) is 19.7 Å². The second-order valence-corrected chi connectivity index (χ2v) is 10.1. The number of nitrogens with zero attached hydrogens (tertiary/aromatic N) is 2. The number of hydrogen-bond acceptors (Lipinski definition) is 5. The van der Waals surface area contributed by atoms with E-state index in [-0.39, 0.29) is 22.8 Å². The number of amides is 1. The number of nitro benzene ring substituents is 1. The fourth-order valence-corrected chi connectivity index (χ4v) is 5.32. The first-order chi connectivity index (χ1) is 15.1. The van der Waals surface area contributed by atoms with Crippen LogP contribution < -0.4 is 5.32 Å². The number of rotatable bonds is 3. The third kappa shape index (κ3) is 3.96. The van der Waals surface area contributed by atoms with E-state index in [1.807, 2.05) is 17.9 Å². The summed E-state index contributed by atoms with van der Waals surface area (Å²) in [5.41, 5.74) is 3.72. The standard InChI is InChI=1S/C25H31N3O4/c1-15-8-9-17(12-19(15)28(31)32)22-21(24(30)27-10-6-5-7-11-27)16(2)26-18-13-25(3,4)14-20(29)23(18)22/h8-9,12,22,26H,5-7,10-11,13-14H2,1-4H3/t22-/m0/s1. The summed E-state index contributed by atoms with van der Waals surface area (Å²) in [7, 11) is 0. The number of piperidine rings is 1. The number of aryl methyl sites for hydroxylation is 1. The quantitative estimate of drug-likeness (QED) is 0.554. The molecule has 2 aliphatic heterocycles. The Balaban J connectivity index is 1.88. The molecule has 0 bridgehead atoms. The molecule has 1 fully saturated rings. The molecule has 3 aliphatic rings. The smallest absolute Gasteiger partial charge is 0.272 e. The van der Waals surface area contributed by atoms with Crippen molar-refractivity contribution in [1.29, 1.82) is 0 Å². The number of hydrogen-bond donors (Lipinski definition) is 1. The van der Waals surface area contributed by atoms with Gasteiger partial charge in [0.05, 0.1) is 4.92 Å². The maximum atomic E-state index is 13.7. The third-order valence-electron chi connectivity index (χ3n) is 6.88. The molecule has 1 N–H and O–H groups in total. The number of Topliss-reactive ketones (excluding diaryl/α,β-unsaturated/α-hetero) is 1. The van der Waals surface area contributed by atoms with Crippen LogP contribution in [0.3, 0.4) is 0 Å². The molecule has 1 saturated heterocycles. The van der Waals surface area contributed by atoms with Gasteiger partial charge >= 0.3 is 0 Å². The molecule has 0 aromatic heterocycles. The SMILES string of the molecule is CC1=C(C(=O)N2CCCCC2)[C@H](c2ccc(C)c([N+](=O)[O-])c2)C2=C(CC(C)(C)CC2=O)N1. The molecule has 0 saturated carbocycles. The molecule has 1 aromatic rings. The molecule has 0 unspecified atom stereocenters. The molecule has 1 aromatic carbocycles. The van der Waals surface area contributed by atoms with E-state index in [9.17, 15) is 19.7 Å². The monoisotopic (exact) mass is 437 g/mol. The highest BCUT2D eigenvalue weighted by molar-refractivity contribution is 6.05. The zero-order valence-corrected chi connectivity index (χ0v) is 19.3. The lowest BCUT2D eigenvalue weighted by molar-refractivity contribution is -0.385. The lowest BCUT2D eigenvalue weighted by Gasteiger charge is -2.41. The van der Waals surface area contributed by atoms with Gasteiger partial charge < -0.3 is 10.2 Å². The highest BCUT2D eigenvalue weighted by Crippen LogP contribution is 2.47. The van der Waals surface area contributed by atoms with Crippen LogP contribution >= 0.6 is 0 Å². The number of dihydropyridines is 1. The highest BCUT2D eigenvalue weighted by atomic mass is 16.6. The Labute approximate surface area is 188 Å². The van der Waals surface area contributed by atoms with Gasteiger partial charge in [-0.1, -0.05) is 26.0 Å². The molecule has 0 spiro atoms. The molecule has 1 aliphatic carbocycles. The highest BCUT2D eigenvalue weighted by Gasteiger charge is 2.43. The lowest BCUT2D eigenvalue weighted by atomic mass is 9.68. The van der Waals surface area contributed by atoms with E-state index in [0.717, 1.165) is 30.7 Å². The number of carbonyl (C=O) groups is 2. The van der Waals surface area contributed by atoms with Gasteiger partial charge in [0, 0.05) is 59.6 Å². The first-order valence-corrected chi connectivity index (χ1v) is 11.4. The summed E-state index contributed by atoms with van der Waals surface area (Å²) < 4.78 is 0. The van der Waals surface area contributed by atoms with Crippen LogP contribution in [0.5, 0.6) is 0 Å². The number of ketones is 1. The van der Waals surface area contributed by atoms with E-state index >= 15 is 0 Å². The largest absolute Gasteiger partial charge is 0.362 e. The fraction of sp³-hybridized carbons (Fsp3) is 0.520. The predicted octanol–water partition coefficient (Wildman–Crippen LogP) is 4.52. The topological polar surface area (TPSA) is 92.6 Å². The summed E-state index contributed by atoms with van der Waals surface area (Å²) in [5.74, 6) is -0.663. The summed E-state index contributed by atoms with van der Waals surface area (Å²) in [5, 5.41) is 15.0. The molecule has 0 radical (unpaired) electrons. The van der Waals surface area contributed by atoms with Crippen LogP contribution in [0.15, 0.2) is 40.7 Å². The molecular formula is C25H31N3O4. The van der Waals surface area contributed by atoms with E-state index in [2.05, 4.69) is 19.2 Å². The Morgan fingerprint density at radius 3 is 2.50 bits per heavy atom. The minimum Gasteiger partial charge on any atom is -0.362 e. The van der Waals surface area contributed by atoms with Crippen LogP contribution in [-0.2, 0) is 9.59 Å². The third-order valence-corrected chi connectivity index (χ3v) is 6.88. The zero-order valence-electron chi connectivity index (χ0n) is 19.3. The normalized spacial score (nSPS) is 23.1. The Kier molecular flexibility index (Phi) is 5.69. The molecule has 1 atom stereocenters. The molecule has 4 rings (SSSR count).